The molecule has 0 aromatic carbocycles. The second-order valence-electron chi connectivity index (χ2n) is 4.99. The van der Waals surface area contributed by atoms with E-state index in [9.17, 15) is 4.79 Å². The monoisotopic (exact) mass is 275 g/mol. The molecular weight excluding hydrogens is 254 g/mol. The lowest BCUT2D eigenvalue weighted by atomic mass is 10.2. The number of hydrogen-bond acceptors (Lipinski definition) is 3. The van der Waals surface area contributed by atoms with E-state index in [0.29, 0.717) is 6.54 Å². The van der Waals surface area contributed by atoms with Crippen molar-refractivity contribution in [2.75, 3.05) is 0 Å². The first-order valence-electron chi connectivity index (χ1n) is 6.82. The topological polar surface area (TPSA) is 64.7 Å². The minimum Gasteiger partial charge on any atom is -0.350 e. The van der Waals surface area contributed by atoms with Crippen molar-refractivity contribution in [2.24, 2.45) is 0 Å². The van der Waals surface area contributed by atoms with Gasteiger partial charge in [0.1, 0.15) is 6.04 Å². The summed E-state index contributed by atoms with van der Waals surface area (Å²) in [4.78, 5) is 12.1. The van der Waals surface area contributed by atoms with E-state index in [2.05, 4.69) is 15.5 Å². The largest absolute Gasteiger partial charge is 0.350 e. The molecule has 6 heteroatoms. The first kappa shape index (κ1) is 14.3. The summed E-state index contributed by atoms with van der Waals surface area (Å²) in [6, 6.07) is -0.315. The molecule has 1 N–H and O–H groups in total. The van der Waals surface area contributed by atoms with Gasteiger partial charge in [0.05, 0.1) is 11.9 Å². The van der Waals surface area contributed by atoms with Gasteiger partial charge in [-0.2, -0.15) is 10.2 Å². The highest BCUT2D eigenvalue weighted by Gasteiger charge is 2.15. The minimum absolute atomic E-state index is 0.0447. The van der Waals surface area contributed by atoms with Crippen molar-refractivity contribution >= 4 is 5.91 Å². The Labute approximate surface area is 118 Å². The van der Waals surface area contributed by atoms with Gasteiger partial charge in [-0.05, 0) is 33.3 Å². The van der Waals surface area contributed by atoms with Crippen LogP contribution in [-0.4, -0.2) is 25.5 Å². The summed E-state index contributed by atoms with van der Waals surface area (Å²) in [5.41, 5.74) is 3.04. The molecule has 0 saturated heterocycles. The van der Waals surface area contributed by atoms with Crippen LogP contribution in [0.4, 0.5) is 0 Å². The zero-order valence-corrected chi connectivity index (χ0v) is 12.4. The molecule has 0 saturated carbocycles. The van der Waals surface area contributed by atoms with Crippen molar-refractivity contribution in [1.29, 1.82) is 0 Å². The lowest BCUT2D eigenvalue weighted by molar-refractivity contribution is -0.124. The fourth-order valence-corrected chi connectivity index (χ4v) is 1.99. The average molecular weight is 275 g/mol. The molecule has 1 unspecified atom stereocenters. The van der Waals surface area contributed by atoms with Gasteiger partial charge in [0.25, 0.3) is 0 Å². The summed E-state index contributed by atoms with van der Waals surface area (Å²) >= 11 is 0. The van der Waals surface area contributed by atoms with E-state index in [1.807, 2.05) is 44.8 Å². The van der Waals surface area contributed by atoms with Crippen molar-refractivity contribution in [2.45, 2.75) is 46.8 Å². The van der Waals surface area contributed by atoms with Crippen molar-refractivity contribution in [1.82, 2.24) is 24.9 Å². The maximum absolute atomic E-state index is 12.1. The molecule has 2 aromatic heterocycles. The molecule has 108 valence electrons. The molecule has 1 amide bonds. The van der Waals surface area contributed by atoms with Crippen molar-refractivity contribution in [3.05, 3.63) is 35.4 Å². The molecule has 6 nitrogen and oxygen atoms in total. The quantitative estimate of drug-likeness (QED) is 0.901. The number of rotatable bonds is 5. The van der Waals surface area contributed by atoms with Crippen LogP contribution in [0.3, 0.4) is 0 Å². The summed E-state index contributed by atoms with van der Waals surface area (Å²) < 4.78 is 3.55. The highest BCUT2D eigenvalue weighted by Crippen LogP contribution is 2.08. The Morgan fingerprint density at radius 3 is 2.70 bits per heavy atom. The highest BCUT2D eigenvalue weighted by molar-refractivity contribution is 5.79. The Morgan fingerprint density at radius 1 is 1.40 bits per heavy atom. The maximum atomic E-state index is 12.1. The molecule has 0 aliphatic rings. The van der Waals surface area contributed by atoms with Crippen molar-refractivity contribution in [3.8, 4) is 0 Å². The molecule has 2 rings (SSSR count). The van der Waals surface area contributed by atoms with E-state index in [-0.39, 0.29) is 11.9 Å². The van der Waals surface area contributed by atoms with Gasteiger partial charge in [0.2, 0.25) is 5.91 Å². The minimum atomic E-state index is -0.315. The van der Waals surface area contributed by atoms with Gasteiger partial charge in [-0.25, -0.2) is 0 Å². The zero-order chi connectivity index (χ0) is 14.7. The third-order valence-corrected chi connectivity index (χ3v) is 3.33. The zero-order valence-electron chi connectivity index (χ0n) is 12.4. The molecule has 0 bridgehead atoms. The summed E-state index contributed by atoms with van der Waals surface area (Å²) in [5, 5.41) is 11.5. The predicted molar refractivity (Wildman–Crippen MR) is 76.2 cm³/mol. The van der Waals surface area contributed by atoms with Crippen LogP contribution in [0.25, 0.3) is 0 Å². The molecule has 0 aliphatic heterocycles. The SMILES string of the molecule is CCn1cc(CNC(=O)C(C)n2cc(C)cn2)c(C)n1. The second-order valence-corrected chi connectivity index (χ2v) is 4.99. The van der Waals surface area contributed by atoms with Crippen LogP contribution in [0.15, 0.2) is 18.6 Å². The summed E-state index contributed by atoms with van der Waals surface area (Å²) in [5.74, 6) is -0.0447. The van der Waals surface area contributed by atoms with E-state index in [1.165, 1.54) is 0 Å². The number of amides is 1. The fourth-order valence-electron chi connectivity index (χ4n) is 1.99. The molecule has 2 heterocycles. The van der Waals surface area contributed by atoms with E-state index < -0.39 is 0 Å². The Balaban J connectivity index is 1.96. The van der Waals surface area contributed by atoms with E-state index in [4.69, 9.17) is 0 Å². The third-order valence-electron chi connectivity index (χ3n) is 3.33. The van der Waals surface area contributed by atoms with Gasteiger partial charge in [0, 0.05) is 31.0 Å². The van der Waals surface area contributed by atoms with Crippen LogP contribution >= 0.6 is 0 Å². The molecule has 2 aromatic rings. The van der Waals surface area contributed by atoms with Gasteiger partial charge < -0.3 is 5.32 Å². The van der Waals surface area contributed by atoms with Crippen LogP contribution in [-0.2, 0) is 17.9 Å². The van der Waals surface area contributed by atoms with Crippen molar-refractivity contribution in [3.63, 3.8) is 0 Å². The molecule has 0 aliphatic carbocycles. The van der Waals surface area contributed by atoms with Crippen LogP contribution in [0, 0.1) is 13.8 Å². The van der Waals surface area contributed by atoms with Crippen LogP contribution in [0.2, 0.25) is 0 Å². The normalized spacial score (nSPS) is 12.4. The van der Waals surface area contributed by atoms with Gasteiger partial charge in [-0.1, -0.05) is 0 Å². The molecule has 20 heavy (non-hydrogen) atoms. The maximum Gasteiger partial charge on any atom is 0.244 e. The number of aryl methyl sites for hydroxylation is 3. The number of nitrogens with zero attached hydrogens (tertiary/aromatic N) is 4. The molecular formula is C14H21N5O. The lowest BCUT2D eigenvalue weighted by Gasteiger charge is -2.12. The van der Waals surface area contributed by atoms with E-state index in [0.717, 1.165) is 23.4 Å². The molecule has 0 spiro atoms. The average Bonchev–Trinajstić information content (AvgIpc) is 3.01. The Bertz CT molecular complexity index is 598. The van der Waals surface area contributed by atoms with Gasteiger partial charge in [-0.15, -0.1) is 0 Å². The van der Waals surface area contributed by atoms with Gasteiger partial charge >= 0.3 is 0 Å². The number of hydrogen-bond donors (Lipinski definition) is 1. The highest BCUT2D eigenvalue weighted by atomic mass is 16.2. The first-order valence-corrected chi connectivity index (χ1v) is 6.82. The molecule has 0 fully saturated rings. The standard InChI is InChI=1S/C14H21N5O/c1-5-18-9-13(11(3)17-18)7-15-14(20)12(4)19-8-10(2)6-16-19/h6,8-9,12H,5,7H2,1-4H3,(H,15,20). The molecule has 1 atom stereocenters. The van der Waals surface area contributed by atoms with Gasteiger partial charge in [-0.3, -0.25) is 14.2 Å². The Morgan fingerprint density at radius 2 is 2.15 bits per heavy atom. The number of aromatic nitrogens is 4. The predicted octanol–water partition coefficient (Wildman–Crippen LogP) is 1.59. The second kappa shape index (κ2) is 5.90. The first-order chi connectivity index (χ1) is 9.51. The number of carbonyl (C=O) groups excluding carboxylic acids is 1. The van der Waals surface area contributed by atoms with Crippen LogP contribution in [0.5, 0.6) is 0 Å². The van der Waals surface area contributed by atoms with Crippen LogP contribution in [0.1, 0.15) is 36.7 Å². The summed E-state index contributed by atoms with van der Waals surface area (Å²) in [6.07, 6.45) is 5.59. The lowest BCUT2D eigenvalue weighted by Crippen LogP contribution is -2.30. The van der Waals surface area contributed by atoms with Gasteiger partial charge in [0.15, 0.2) is 0 Å². The number of nitrogens with one attached hydrogen (secondary N) is 1. The Hall–Kier alpha value is -2.11. The van der Waals surface area contributed by atoms with E-state index in [1.54, 1.807) is 10.9 Å². The summed E-state index contributed by atoms with van der Waals surface area (Å²) in [6.45, 7) is 9.11. The third kappa shape index (κ3) is 3.07. The summed E-state index contributed by atoms with van der Waals surface area (Å²) in [7, 11) is 0. The van der Waals surface area contributed by atoms with Crippen molar-refractivity contribution < 1.29 is 4.79 Å². The molecule has 0 radical (unpaired) electrons. The number of carbonyl (C=O) groups is 1. The smallest absolute Gasteiger partial charge is 0.244 e. The van der Waals surface area contributed by atoms with E-state index >= 15 is 0 Å². The Kier molecular flexibility index (Phi) is 4.22. The van der Waals surface area contributed by atoms with Crippen LogP contribution < -0.4 is 5.32 Å². The fraction of sp³-hybridized carbons (Fsp3) is 0.500.